The number of para-hydroxylation sites is 1. The average molecular weight is 455 g/mol. The van der Waals surface area contributed by atoms with Crippen LogP contribution in [0.1, 0.15) is 56.8 Å². The first kappa shape index (κ1) is 23.3. The average Bonchev–Trinajstić information content (AvgIpc) is 3.40. The van der Waals surface area contributed by atoms with Crippen LogP contribution in [0.4, 0.5) is 0 Å². The third-order valence-corrected chi connectivity index (χ3v) is 6.73. The standard InChI is InChI=1S/C25H34N4O4/c1-16(26)24(31)28-20-9-4-5-13-27-23(30)12-11-22-19(18-8-2-3-10-21(18)33-22)15-17-7-6-14-29(17)25(20)32/h2-3,8,10,16-17,20H,4-7,9,11-15,26H2,1H3,(H,27,30)(H,28,31)/t16-,17-,20-/m0/s1. The summed E-state index contributed by atoms with van der Waals surface area (Å²) in [6.07, 6.45) is 5.39. The predicted octanol–water partition coefficient (Wildman–Crippen LogP) is 2.03. The first-order chi connectivity index (χ1) is 15.9. The van der Waals surface area contributed by atoms with Gasteiger partial charge in [0, 0.05) is 42.9 Å². The number of carbonyl (C=O) groups excluding carboxylic acids is 3. The fourth-order valence-corrected chi connectivity index (χ4v) is 4.93. The van der Waals surface area contributed by atoms with Gasteiger partial charge in [-0.15, -0.1) is 0 Å². The highest BCUT2D eigenvalue weighted by Gasteiger charge is 2.35. The van der Waals surface area contributed by atoms with E-state index in [9.17, 15) is 14.4 Å². The van der Waals surface area contributed by atoms with Crippen LogP contribution in [0, 0.1) is 0 Å². The third kappa shape index (κ3) is 5.38. The molecule has 4 rings (SSSR count). The van der Waals surface area contributed by atoms with Crippen molar-refractivity contribution in [2.75, 3.05) is 13.1 Å². The van der Waals surface area contributed by atoms with Crippen molar-refractivity contribution in [2.24, 2.45) is 5.73 Å². The summed E-state index contributed by atoms with van der Waals surface area (Å²) in [6, 6.07) is 6.66. The van der Waals surface area contributed by atoms with Gasteiger partial charge in [-0.3, -0.25) is 14.4 Å². The molecule has 4 N–H and O–H groups in total. The van der Waals surface area contributed by atoms with Crippen LogP contribution >= 0.6 is 0 Å². The maximum atomic E-state index is 13.6. The predicted molar refractivity (Wildman–Crippen MR) is 125 cm³/mol. The molecule has 3 atom stereocenters. The van der Waals surface area contributed by atoms with Gasteiger partial charge in [0.1, 0.15) is 17.4 Å². The lowest BCUT2D eigenvalue weighted by Gasteiger charge is -2.30. The van der Waals surface area contributed by atoms with E-state index in [-0.39, 0.29) is 23.8 Å². The topological polar surface area (TPSA) is 118 Å². The van der Waals surface area contributed by atoms with E-state index >= 15 is 0 Å². The molecule has 0 spiro atoms. The lowest BCUT2D eigenvalue weighted by atomic mass is 9.98. The van der Waals surface area contributed by atoms with Gasteiger partial charge in [-0.05, 0) is 51.5 Å². The highest BCUT2D eigenvalue weighted by molar-refractivity contribution is 5.90. The van der Waals surface area contributed by atoms with E-state index in [1.165, 1.54) is 0 Å². The van der Waals surface area contributed by atoms with Crippen LogP contribution in [0.15, 0.2) is 28.7 Å². The number of hydrogen-bond donors (Lipinski definition) is 3. The molecule has 0 unspecified atom stereocenters. The number of furan rings is 1. The van der Waals surface area contributed by atoms with Crippen LogP contribution in [0.5, 0.6) is 0 Å². The van der Waals surface area contributed by atoms with Crippen molar-refractivity contribution in [3.63, 3.8) is 0 Å². The minimum absolute atomic E-state index is 0.00310. The van der Waals surface area contributed by atoms with Crippen molar-refractivity contribution in [1.29, 1.82) is 0 Å². The summed E-state index contributed by atoms with van der Waals surface area (Å²) < 4.78 is 6.14. The van der Waals surface area contributed by atoms with Crippen LogP contribution in [-0.4, -0.2) is 53.8 Å². The molecule has 1 fully saturated rings. The van der Waals surface area contributed by atoms with E-state index in [2.05, 4.69) is 10.6 Å². The first-order valence-corrected chi connectivity index (χ1v) is 12.1. The summed E-state index contributed by atoms with van der Waals surface area (Å²) in [7, 11) is 0. The van der Waals surface area contributed by atoms with E-state index in [1.54, 1.807) is 6.92 Å². The molecule has 8 heteroatoms. The summed E-state index contributed by atoms with van der Waals surface area (Å²) in [5.41, 5.74) is 7.63. The van der Waals surface area contributed by atoms with Crippen molar-refractivity contribution in [3.8, 4) is 0 Å². The molecule has 0 saturated carbocycles. The monoisotopic (exact) mass is 454 g/mol. The number of amides is 3. The van der Waals surface area contributed by atoms with Gasteiger partial charge in [-0.1, -0.05) is 18.2 Å². The lowest BCUT2D eigenvalue weighted by Crippen LogP contribution is -2.53. The number of benzene rings is 1. The van der Waals surface area contributed by atoms with E-state index in [0.29, 0.717) is 38.8 Å². The Morgan fingerprint density at radius 1 is 1.18 bits per heavy atom. The van der Waals surface area contributed by atoms with Crippen molar-refractivity contribution >= 4 is 28.7 Å². The highest BCUT2D eigenvalue weighted by atomic mass is 16.3. The van der Waals surface area contributed by atoms with Gasteiger partial charge < -0.3 is 25.7 Å². The summed E-state index contributed by atoms with van der Waals surface area (Å²) in [5, 5.41) is 6.86. The number of carbonyl (C=O) groups is 3. The maximum Gasteiger partial charge on any atom is 0.245 e. The number of hydrogen-bond acceptors (Lipinski definition) is 5. The minimum atomic E-state index is -0.678. The zero-order valence-electron chi connectivity index (χ0n) is 19.3. The molecule has 0 aliphatic carbocycles. The molecule has 2 aromatic rings. The number of rotatable bonds is 2. The van der Waals surface area contributed by atoms with E-state index < -0.39 is 12.1 Å². The number of nitrogens with one attached hydrogen (secondary N) is 2. The Bertz CT molecular complexity index is 1020. The van der Waals surface area contributed by atoms with E-state index in [4.69, 9.17) is 10.2 Å². The smallest absolute Gasteiger partial charge is 0.245 e. The Balaban J connectivity index is 1.65. The molecule has 1 saturated heterocycles. The molecule has 33 heavy (non-hydrogen) atoms. The van der Waals surface area contributed by atoms with Crippen molar-refractivity contribution in [3.05, 3.63) is 35.6 Å². The van der Waals surface area contributed by atoms with Crippen molar-refractivity contribution in [1.82, 2.24) is 15.5 Å². The van der Waals surface area contributed by atoms with Gasteiger partial charge in [0.2, 0.25) is 17.7 Å². The van der Waals surface area contributed by atoms with Crippen LogP contribution in [0.2, 0.25) is 0 Å². The minimum Gasteiger partial charge on any atom is -0.461 e. The summed E-state index contributed by atoms with van der Waals surface area (Å²) in [5.74, 6) is 0.456. The fraction of sp³-hybridized carbons (Fsp3) is 0.560. The molecule has 178 valence electrons. The van der Waals surface area contributed by atoms with Gasteiger partial charge in [-0.25, -0.2) is 0 Å². The third-order valence-electron chi connectivity index (χ3n) is 6.73. The normalized spacial score (nSPS) is 23.8. The molecule has 3 amide bonds. The highest BCUT2D eigenvalue weighted by Crippen LogP contribution is 2.31. The SMILES string of the molecule is C[C@H](N)C(=O)N[C@H]1CCCCNC(=O)CCc2oc3ccccc3c2C[C@@H]2CCCN2C1=O. The largest absolute Gasteiger partial charge is 0.461 e. The quantitative estimate of drug-likeness (QED) is 0.642. The van der Waals surface area contributed by atoms with Crippen LogP contribution in [-0.2, 0) is 27.2 Å². The molecule has 8 nitrogen and oxygen atoms in total. The maximum absolute atomic E-state index is 13.6. The van der Waals surface area contributed by atoms with E-state index in [0.717, 1.165) is 48.0 Å². The molecule has 1 aromatic carbocycles. The fourth-order valence-electron chi connectivity index (χ4n) is 4.93. The van der Waals surface area contributed by atoms with Gasteiger partial charge in [-0.2, -0.15) is 0 Å². The zero-order valence-corrected chi connectivity index (χ0v) is 19.3. The van der Waals surface area contributed by atoms with Crippen molar-refractivity contribution < 1.29 is 18.8 Å². The van der Waals surface area contributed by atoms with Gasteiger partial charge >= 0.3 is 0 Å². The number of nitrogens with zero attached hydrogens (tertiary/aromatic N) is 1. The molecule has 0 bridgehead atoms. The summed E-state index contributed by atoms with van der Waals surface area (Å²) in [6.45, 7) is 2.84. The molecule has 3 heterocycles. The van der Waals surface area contributed by atoms with E-state index in [1.807, 2.05) is 29.2 Å². The van der Waals surface area contributed by atoms with Gasteiger partial charge in [0.25, 0.3) is 0 Å². The Morgan fingerprint density at radius 2 is 2.00 bits per heavy atom. The Labute approximate surface area is 194 Å². The second-order valence-electron chi connectivity index (χ2n) is 9.23. The number of fused-ring (bicyclic) bond motifs is 4. The lowest BCUT2D eigenvalue weighted by molar-refractivity contribution is -0.137. The Hall–Kier alpha value is -2.87. The van der Waals surface area contributed by atoms with Crippen LogP contribution in [0.25, 0.3) is 11.0 Å². The Kier molecular flexibility index (Phi) is 7.33. The molecular weight excluding hydrogens is 420 g/mol. The first-order valence-electron chi connectivity index (χ1n) is 12.1. The zero-order chi connectivity index (χ0) is 23.4. The number of nitrogens with two attached hydrogens (primary N) is 1. The van der Waals surface area contributed by atoms with Crippen LogP contribution < -0.4 is 16.4 Å². The van der Waals surface area contributed by atoms with Gasteiger partial charge in [0.05, 0.1) is 6.04 Å². The Morgan fingerprint density at radius 3 is 2.82 bits per heavy atom. The van der Waals surface area contributed by atoms with Gasteiger partial charge in [0.15, 0.2) is 0 Å². The molecule has 1 aromatic heterocycles. The second-order valence-corrected chi connectivity index (χ2v) is 9.23. The summed E-state index contributed by atoms with van der Waals surface area (Å²) in [4.78, 5) is 40.2. The molecule has 0 radical (unpaired) electrons. The van der Waals surface area contributed by atoms with Crippen LogP contribution in [0.3, 0.4) is 0 Å². The summed E-state index contributed by atoms with van der Waals surface area (Å²) >= 11 is 0. The molecule has 2 aliphatic heterocycles. The number of aryl methyl sites for hydroxylation is 1. The molecule has 2 aliphatic rings. The second kappa shape index (κ2) is 10.4. The van der Waals surface area contributed by atoms with Crippen molar-refractivity contribution in [2.45, 2.75) is 76.4 Å². The molecular formula is C25H34N4O4.